The fourth-order valence-corrected chi connectivity index (χ4v) is 2.19. The van der Waals surface area contributed by atoms with Crippen molar-refractivity contribution in [2.24, 2.45) is 0 Å². The van der Waals surface area contributed by atoms with Crippen LogP contribution in [0.2, 0.25) is 0 Å². The van der Waals surface area contributed by atoms with E-state index in [0.29, 0.717) is 11.4 Å². The molecule has 2 aromatic heterocycles. The van der Waals surface area contributed by atoms with Gasteiger partial charge in [0.2, 0.25) is 0 Å². The summed E-state index contributed by atoms with van der Waals surface area (Å²) < 4.78 is 0. The highest BCUT2D eigenvalue weighted by atomic mass is 32.1. The van der Waals surface area contributed by atoms with Crippen molar-refractivity contribution in [1.29, 1.82) is 5.26 Å². The van der Waals surface area contributed by atoms with E-state index in [-0.39, 0.29) is 5.54 Å². The highest BCUT2D eigenvalue weighted by Crippen LogP contribution is 2.27. The fraction of sp³-hybridized carbons (Fsp3) is 0.250. The van der Waals surface area contributed by atoms with Gasteiger partial charge in [0, 0.05) is 17.8 Å². The molecule has 1 N–H and O–H groups in total. The third-order valence-electron chi connectivity index (χ3n) is 2.33. The largest absolute Gasteiger partial charge is 0.358 e. The Bertz CT molecular complexity index is 540. The van der Waals surface area contributed by atoms with Crippen molar-refractivity contribution in [3.8, 4) is 6.07 Å². The molecule has 0 fully saturated rings. The van der Waals surface area contributed by atoms with Gasteiger partial charge in [-0.15, -0.1) is 11.3 Å². The van der Waals surface area contributed by atoms with E-state index in [4.69, 9.17) is 5.26 Å². The third kappa shape index (κ3) is 2.43. The van der Waals surface area contributed by atoms with Gasteiger partial charge in [-0.2, -0.15) is 5.26 Å². The van der Waals surface area contributed by atoms with Crippen LogP contribution in [0.5, 0.6) is 0 Å². The number of hydrogen-bond donors (Lipinski definition) is 1. The molecule has 2 rings (SSSR count). The van der Waals surface area contributed by atoms with Crippen LogP contribution in [0.15, 0.2) is 29.9 Å². The second-order valence-electron chi connectivity index (χ2n) is 4.10. The van der Waals surface area contributed by atoms with Crippen LogP contribution in [0.1, 0.15) is 24.4 Å². The maximum absolute atomic E-state index is 9.00. The molecule has 0 unspecified atom stereocenters. The zero-order chi connectivity index (χ0) is 12.3. The van der Waals surface area contributed by atoms with Crippen LogP contribution in [0, 0.1) is 11.3 Å². The lowest BCUT2D eigenvalue weighted by molar-refractivity contribution is 0.600. The lowest BCUT2D eigenvalue weighted by atomic mass is 10.1. The van der Waals surface area contributed by atoms with E-state index in [1.165, 1.54) is 0 Å². The zero-order valence-electron chi connectivity index (χ0n) is 9.64. The predicted octanol–water partition coefficient (Wildman–Crippen LogP) is 2.76. The quantitative estimate of drug-likeness (QED) is 0.901. The van der Waals surface area contributed by atoms with E-state index in [0.717, 1.165) is 5.01 Å². The molecule has 0 aliphatic carbocycles. The normalized spacial score (nSPS) is 10.9. The first kappa shape index (κ1) is 11.6. The summed E-state index contributed by atoms with van der Waals surface area (Å²) in [5.41, 5.74) is 0.200. The van der Waals surface area contributed by atoms with Gasteiger partial charge in [-0.3, -0.25) is 0 Å². The predicted molar refractivity (Wildman–Crippen MR) is 67.7 cm³/mol. The highest BCUT2D eigenvalue weighted by Gasteiger charge is 2.24. The van der Waals surface area contributed by atoms with Gasteiger partial charge in [0.1, 0.15) is 16.9 Å². The van der Waals surface area contributed by atoms with Gasteiger partial charge in [0.05, 0.1) is 11.1 Å². The number of aromatic nitrogens is 2. The Labute approximate surface area is 104 Å². The van der Waals surface area contributed by atoms with Crippen LogP contribution in [0.25, 0.3) is 0 Å². The Hall–Kier alpha value is -1.93. The molecular formula is C12H12N4S. The molecule has 4 nitrogen and oxygen atoms in total. The summed E-state index contributed by atoms with van der Waals surface area (Å²) in [6.07, 6.45) is 3.44. The molecule has 0 aromatic carbocycles. The molecule has 17 heavy (non-hydrogen) atoms. The van der Waals surface area contributed by atoms with Gasteiger partial charge < -0.3 is 5.32 Å². The molecule has 2 aromatic rings. The summed E-state index contributed by atoms with van der Waals surface area (Å²) in [5, 5.41) is 15.2. The second-order valence-corrected chi connectivity index (χ2v) is 4.99. The Morgan fingerprint density at radius 1 is 1.35 bits per heavy atom. The third-order valence-corrected chi connectivity index (χ3v) is 3.42. The summed E-state index contributed by atoms with van der Waals surface area (Å²) in [4.78, 5) is 8.47. The summed E-state index contributed by atoms with van der Waals surface area (Å²) in [6, 6.07) is 5.61. The monoisotopic (exact) mass is 244 g/mol. The molecule has 0 aliphatic rings. The van der Waals surface area contributed by atoms with Crippen LogP contribution in [0.4, 0.5) is 5.82 Å². The Balaban J connectivity index is 2.30. The highest BCUT2D eigenvalue weighted by molar-refractivity contribution is 7.09. The van der Waals surface area contributed by atoms with Crippen molar-refractivity contribution in [3.05, 3.63) is 40.5 Å². The van der Waals surface area contributed by atoms with Crippen LogP contribution in [-0.4, -0.2) is 9.97 Å². The van der Waals surface area contributed by atoms with Crippen molar-refractivity contribution in [3.63, 3.8) is 0 Å². The minimum absolute atomic E-state index is 0.339. The smallest absolute Gasteiger partial charge is 0.144 e. The number of thiazole rings is 1. The van der Waals surface area contributed by atoms with E-state index in [2.05, 4.69) is 21.4 Å². The van der Waals surface area contributed by atoms with Crippen LogP contribution < -0.4 is 5.32 Å². The first-order valence-electron chi connectivity index (χ1n) is 5.17. The van der Waals surface area contributed by atoms with E-state index >= 15 is 0 Å². The maximum atomic E-state index is 9.00. The SMILES string of the molecule is CC(C)(Nc1ncccc1C#N)c1nccs1. The van der Waals surface area contributed by atoms with Gasteiger partial charge in [-0.05, 0) is 26.0 Å². The molecule has 0 radical (unpaired) electrons. The number of anilines is 1. The average Bonchev–Trinajstić information content (AvgIpc) is 2.83. The van der Waals surface area contributed by atoms with Gasteiger partial charge in [0.15, 0.2) is 0 Å². The number of pyridine rings is 1. The number of hydrogen-bond acceptors (Lipinski definition) is 5. The second kappa shape index (κ2) is 4.52. The van der Waals surface area contributed by atoms with Crippen LogP contribution in [-0.2, 0) is 5.54 Å². The molecule has 0 aliphatic heterocycles. The van der Waals surface area contributed by atoms with Crippen LogP contribution in [0.3, 0.4) is 0 Å². The van der Waals surface area contributed by atoms with E-state index in [9.17, 15) is 0 Å². The van der Waals surface area contributed by atoms with Gasteiger partial charge in [-0.25, -0.2) is 9.97 Å². The van der Waals surface area contributed by atoms with Gasteiger partial charge in [-0.1, -0.05) is 0 Å². The van der Waals surface area contributed by atoms with Crippen molar-refractivity contribution in [1.82, 2.24) is 9.97 Å². The molecular weight excluding hydrogens is 232 g/mol. The van der Waals surface area contributed by atoms with Gasteiger partial charge >= 0.3 is 0 Å². The van der Waals surface area contributed by atoms with Gasteiger partial charge in [0.25, 0.3) is 0 Å². The van der Waals surface area contributed by atoms with Crippen LogP contribution >= 0.6 is 11.3 Å². The van der Waals surface area contributed by atoms with Crippen molar-refractivity contribution in [2.45, 2.75) is 19.4 Å². The number of nitrogens with zero attached hydrogens (tertiary/aromatic N) is 3. The standard InChI is InChI=1S/C12H12N4S/c1-12(2,11-15-6-7-17-11)16-10-9(8-13)4-3-5-14-10/h3-7H,1-2H3,(H,14,16). The summed E-state index contributed by atoms with van der Waals surface area (Å²) in [7, 11) is 0. The molecule has 0 bridgehead atoms. The average molecular weight is 244 g/mol. The van der Waals surface area contributed by atoms with Crippen molar-refractivity contribution >= 4 is 17.2 Å². The Kier molecular flexibility index (Phi) is 3.07. The zero-order valence-corrected chi connectivity index (χ0v) is 10.5. The topological polar surface area (TPSA) is 61.6 Å². The molecule has 2 heterocycles. The summed E-state index contributed by atoms with van der Waals surface area (Å²) >= 11 is 1.58. The minimum atomic E-state index is -0.339. The number of nitrogens with one attached hydrogen (secondary N) is 1. The van der Waals surface area contributed by atoms with Crippen molar-refractivity contribution in [2.75, 3.05) is 5.32 Å². The summed E-state index contributed by atoms with van der Waals surface area (Å²) in [6.45, 7) is 4.03. The first-order chi connectivity index (χ1) is 8.13. The minimum Gasteiger partial charge on any atom is -0.358 e. The van der Waals surface area contributed by atoms with E-state index < -0.39 is 0 Å². The lowest BCUT2D eigenvalue weighted by Crippen LogP contribution is -2.28. The Morgan fingerprint density at radius 2 is 2.18 bits per heavy atom. The molecule has 0 saturated carbocycles. The first-order valence-corrected chi connectivity index (χ1v) is 6.05. The van der Waals surface area contributed by atoms with E-state index in [1.54, 1.807) is 35.9 Å². The Morgan fingerprint density at radius 3 is 2.82 bits per heavy atom. The number of nitriles is 1. The molecule has 0 saturated heterocycles. The van der Waals surface area contributed by atoms with E-state index in [1.807, 2.05) is 19.2 Å². The molecule has 0 spiro atoms. The molecule has 0 amide bonds. The molecule has 5 heteroatoms. The summed E-state index contributed by atoms with van der Waals surface area (Å²) in [5.74, 6) is 0.593. The molecule has 0 atom stereocenters. The maximum Gasteiger partial charge on any atom is 0.144 e. The lowest BCUT2D eigenvalue weighted by Gasteiger charge is -2.24. The fourth-order valence-electron chi connectivity index (χ4n) is 1.48. The van der Waals surface area contributed by atoms with Crippen molar-refractivity contribution < 1.29 is 0 Å². The molecule has 86 valence electrons. The number of rotatable bonds is 3.